The molecule has 0 radical (unpaired) electrons. The van der Waals surface area contributed by atoms with Crippen molar-refractivity contribution in [3.8, 4) is 0 Å². The summed E-state index contributed by atoms with van der Waals surface area (Å²) in [6.45, 7) is 2.01. The van der Waals surface area contributed by atoms with Crippen molar-refractivity contribution >= 4 is 23.6 Å². The monoisotopic (exact) mass is 306 g/mol. The second-order valence-electron chi connectivity index (χ2n) is 4.29. The Morgan fingerprint density at radius 3 is 2.70 bits per heavy atom. The lowest BCUT2D eigenvalue weighted by Crippen LogP contribution is -2.34. The van der Waals surface area contributed by atoms with Gasteiger partial charge in [-0.2, -0.15) is 13.2 Å². The highest BCUT2D eigenvalue weighted by molar-refractivity contribution is 6.31. The topological polar surface area (TPSA) is 55.1 Å². The largest absolute Gasteiger partial charge is 0.417 e. The van der Waals surface area contributed by atoms with E-state index in [4.69, 9.17) is 17.3 Å². The van der Waals surface area contributed by atoms with Crippen molar-refractivity contribution in [2.75, 3.05) is 6.54 Å². The standard InChI is InChI=1S/C13H14ClF3N2O/c1-8(18)7-19-12(20)5-3-9-2-4-11(14)10(6-9)13(15,16)17/h2-6,8H,7,18H2,1H3,(H,19,20)/b5-3+/t8-/m1/s1. The summed E-state index contributed by atoms with van der Waals surface area (Å²) in [5, 5.41) is 2.13. The normalized spacial score (nSPS) is 13.5. The number of hydrogen-bond donors (Lipinski definition) is 2. The number of carbonyl (C=O) groups is 1. The first kappa shape index (κ1) is 16.5. The number of rotatable bonds is 4. The molecule has 1 aromatic rings. The van der Waals surface area contributed by atoms with Gasteiger partial charge in [0.15, 0.2) is 0 Å². The van der Waals surface area contributed by atoms with Crippen LogP contribution < -0.4 is 11.1 Å². The Balaban J connectivity index is 2.81. The van der Waals surface area contributed by atoms with Crippen LogP contribution in [0.3, 0.4) is 0 Å². The van der Waals surface area contributed by atoms with Crippen molar-refractivity contribution in [3.05, 3.63) is 40.4 Å². The summed E-state index contributed by atoms with van der Waals surface area (Å²) in [7, 11) is 0. The maximum atomic E-state index is 12.6. The molecule has 0 saturated heterocycles. The van der Waals surface area contributed by atoms with Gasteiger partial charge in [-0.1, -0.05) is 17.7 Å². The maximum Gasteiger partial charge on any atom is 0.417 e. The number of amides is 1. The molecule has 0 spiro atoms. The lowest BCUT2D eigenvalue weighted by Gasteiger charge is -2.09. The molecule has 0 heterocycles. The van der Waals surface area contributed by atoms with Crippen LogP contribution in [-0.2, 0) is 11.0 Å². The van der Waals surface area contributed by atoms with Crippen LogP contribution in [-0.4, -0.2) is 18.5 Å². The second kappa shape index (κ2) is 6.76. The van der Waals surface area contributed by atoms with Crippen LogP contribution in [0.25, 0.3) is 6.08 Å². The van der Waals surface area contributed by atoms with Gasteiger partial charge >= 0.3 is 6.18 Å². The highest BCUT2D eigenvalue weighted by Crippen LogP contribution is 2.35. The predicted octanol–water partition coefficient (Wildman–Crippen LogP) is 2.84. The predicted molar refractivity (Wildman–Crippen MR) is 72.1 cm³/mol. The molecular weight excluding hydrogens is 293 g/mol. The van der Waals surface area contributed by atoms with Crippen molar-refractivity contribution < 1.29 is 18.0 Å². The Kier molecular flexibility index (Phi) is 5.59. The zero-order valence-electron chi connectivity index (χ0n) is 10.7. The fourth-order valence-electron chi connectivity index (χ4n) is 1.36. The highest BCUT2D eigenvalue weighted by atomic mass is 35.5. The molecule has 3 nitrogen and oxygen atoms in total. The Morgan fingerprint density at radius 1 is 1.50 bits per heavy atom. The van der Waals surface area contributed by atoms with E-state index in [1.54, 1.807) is 6.92 Å². The van der Waals surface area contributed by atoms with Gasteiger partial charge in [0.1, 0.15) is 0 Å². The number of nitrogens with one attached hydrogen (secondary N) is 1. The molecule has 0 unspecified atom stereocenters. The number of nitrogens with two attached hydrogens (primary N) is 1. The summed E-state index contributed by atoms with van der Waals surface area (Å²) < 4.78 is 37.9. The molecule has 1 rings (SSSR count). The average molecular weight is 307 g/mol. The Hall–Kier alpha value is -1.53. The van der Waals surface area contributed by atoms with E-state index in [0.29, 0.717) is 0 Å². The van der Waals surface area contributed by atoms with Gasteiger partial charge in [0, 0.05) is 18.7 Å². The fraction of sp³-hybridized carbons (Fsp3) is 0.308. The third kappa shape index (κ3) is 5.22. The quantitative estimate of drug-likeness (QED) is 0.840. The summed E-state index contributed by atoms with van der Waals surface area (Å²) in [6, 6.07) is 3.23. The molecule has 20 heavy (non-hydrogen) atoms. The van der Waals surface area contributed by atoms with E-state index in [0.717, 1.165) is 18.2 Å². The molecule has 0 aliphatic rings. The van der Waals surface area contributed by atoms with Crippen molar-refractivity contribution in [1.82, 2.24) is 5.32 Å². The molecule has 0 aliphatic heterocycles. The SMILES string of the molecule is C[C@@H](N)CNC(=O)/C=C/c1ccc(Cl)c(C(F)(F)F)c1. The minimum absolute atomic E-state index is 0.195. The van der Waals surface area contributed by atoms with Crippen molar-refractivity contribution in [3.63, 3.8) is 0 Å². The zero-order chi connectivity index (χ0) is 15.3. The molecule has 3 N–H and O–H groups in total. The van der Waals surface area contributed by atoms with Crippen LogP contribution >= 0.6 is 11.6 Å². The minimum atomic E-state index is -4.53. The van der Waals surface area contributed by atoms with E-state index < -0.39 is 17.6 Å². The van der Waals surface area contributed by atoms with Crippen LogP contribution in [0.5, 0.6) is 0 Å². The number of carbonyl (C=O) groups excluding carboxylic acids is 1. The lowest BCUT2D eigenvalue weighted by molar-refractivity contribution is -0.137. The highest BCUT2D eigenvalue weighted by Gasteiger charge is 2.33. The maximum absolute atomic E-state index is 12.6. The van der Waals surface area contributed by atoms with Crippen LogP contribution in [0.15, 0.2) is 24.3 Å². The molecule has 1 aromatic carbocycles. The first-order valence-corrected chi connectivity index (χ1v) is 6.16. The van der Waals surface area contributed by atoms with Gasteiger partial charge in [-0.3, -0.25) is 4.79 Å². The number of halogens is 4. The van der Waals surface area contributed by atoms with Crippen molar-refractivity contribution in [2.24, 2.45) is 5.73 Å². The van der Waals surface area contributed by atoms with Gasteiger partial charge < -0.3 is 11.1 Å². The van der Waals surface area contributed by atoms with E-state index >= 15 is 0 Å². The van der Waals surface area contributed by atoms with E-state index in [-0.39, 0.29) is 23.2 Å². The number of hydrogen-bond acceptors (Lipinski definition) is 2. The fourth-order valence-corrected chi connectivity index (χ4v) is 1.58. The molecule has 0 aliphatic carbocycles. The molecule has 0 bridgehead atoms. The van der Waals surface area contributed by atoms with Crippen LogP contribution in [0.2, 0.25) is 5.02 Å². The third-order valence-electron chi connectivity index (χ3n) is 2.32. The molecule has 0 fully saturated rings. The Bertz CT molecular complexity index is 513. The van der Waals surface area contributed by atoms with E-state index in [9.17, 15) is 18.0 Å². The van der Waals surface area contributed by atoms with E-state index in [1.165, 1.54) is 12.1 Å². The van der Waals surface area contributed by atoms with E-state index in [1.807, 2.05) is 0 Å². The van der Waals surface area contributed by atoms with Crippen LogP contribution in [0, 0.1) is 0 Å². The van der Waals surface area contributed by atoms with Gasteiger partial charge in [-0.15, -0.1) is 0 Å². The second-order valence-corrected chi connectivity index (χ2v) is 4.70. The summed E-state index contributed by atoms with van der Waals surface area (Å²) >= 11 is 5.49. The minimum Gasteiger partial charge on any atom is -0.351 e. The first-order valence-electron chi connectivity index (χ1n) is 5.78. The van der Waals surface area contributed by atoms with Crippen molar-refractivity contribution in [2.45, 2.75) is 19.1 Å². The summed E-state index contributed by atoms with van der Waals surface area (Å²) in [5.74, 6) is -0.425. The van der Waals surface area contributed by atoms with E-state index in [2.05, 4.69) is 5.32 Å². The summed E-state index contributed by atoms with van der Waals surface area (Å²) in [6.07, 6.45) is -2.11. The van der Waals surface area contributed by atoms with Gasteiger partial charge in [0.25, 0.3) is 0 Å². The van der Waals surface area contributed by atoms with Gasteiger partial charge in [0.2, 0.25) is 5.91 Å². The smallest absolute Gasteiger partial charge is 0.351 e. The molecule has 0 aromatic heterocycles. The molecule has 7 heteroatoms. The van der Waals surface area contributed by atoms with Gasteiger partial charge in [0.05, 0.1) is 10.6 Å². The lowest BCUT2D eigenvalue weighted by atomic mass is 10.1. The average Bonchev–Trinajstić information content (AvgIpc) is 2.33. The zero-order valence-corrected chi connectivity index (χ0v) is 11.4. The first-order chi connectivity index (χ1) is 9.20. The number of alkyl halides is 3. The Morgan fingerprint density at radius 2 is 2.15 bits per heavy atom. The third-order valence-corrected chi connectivity index (χ3v) is 2.65. The molecule has 1 atom stereocenters. The van der Waals surface area contributed by atoms with Gasteiger partial charge in [-0.05, 0) is 30.7 Å². The van der Waals surface area contributed by atoms with Gasteiger partial charge in [-0.25, -0.2) is 0 Å². The summed E-state index contributed by atoms with van der Waals surface area (Å²) in [5.41, 5.74) is 4.75. The van der Waals surface area contributed by atoms with Crippen molar-refractivity contribution in [1.29, 1.82) is 0 Å². The van der Waals surface area contributed by atoms with Crippen LogP contribution in [0.1, 0.15) is 18.1 Å². The molecular formula is C13H14ClF3N2O. The summed E-state index contributed by atoms with van der Waals surface area (Å²) in [4.78, 5) is 11.4. The molecule has 0 saturated carbocycles. The molecule has 1 amide bonds. The molecule has 110 valence electrons. The van der Waals surface area contributed by atoms with Crippen LogP contribution in [0.4, 0.5) is 13.2 Å². The number of benzene rings is 1. The Labute approximate surface area is 119 Å².